The Morgan fingerprint density at radius 1 is 1.10 bits per heavy atom. The molecule has 0 N–H and O–H groups in total. The molecule has 2 heterocycles. The molecule has 0 amide bonds. The van der Waals surface area contributed by atoms with E-state index in [0.717, 1.165) is 12.1 Å². The highest BCUT2D eigenvalue weighted by molar-refractivity contribution is 5.63. The Morgan fingerprint density at radius 3 is 2.60 bits per heavy atom. The summed E-state index contributed by atoms with van der Waals surface area (Å²) >= 11 is 0. The standard InChI is InChI=1S/C14H10F3N3/c1-9-5-6-10(14(15,16)17)8-11(9)13-18-12-4-2-3-7-20(12)19-13/h2-8H,1H3. The van der Waals surface area contributed by atoms with Crippen molar-refractivity contribution in [3.63, 3.8) is 0 Å². The third-order valence-electron chi connectivity index (χ3n) is 3.05. The predicted molar refractivity (Wildman–Crippen MR) is 68.2 cm³/mol. The van der Waals surface area contributed by atoms with E-state index in [4.69, 9.17) is 0 Å². The van der Waals surface area contributed by atoms with Crippen LogP contribution >= 0.6 is 0 Å². The summed E-state index contributed by atoms with van der Waals surface area (Å²) in [7, 11) is 0. The average molecular weight is 277 g/mol. The van der Waals surface area contributed by atoms with Crippen LogP contribution < -0.4 is 0 Å². The van der Waals surface area contributed by atoms with Gasteiger partial charge >= 0.3 is 6.18 Å². The number of pyridine rings is 1. The fourth-order valence-electron chi connectivity index (χ4n) is 1.98. The van der Waals surface area contributed by atoms with Crippen LogP contribution in [0.2, 0.25) is 0 Å². The zero-order valence-corrected chi connectivity index (χ0v) is 10.5. The van der Waals surface area contributed by atoms with Crippen molar-refractivity contribution in [1.82, 2.24) is 14.6 Å². The Hall–Kier alpha value is -2.37. The molecule has 3 nitrogen and oxygen atoms in total. The van der Waals surface area contributed by atoms with Gasteiger partial charge in [0, 0.05) is 11.8 Å². The number of hydrogen-bond donors (Lipinski definition) is 0. The van der Waals surface area contributed by atoms with Crippen LogP contribution in [0.1, 0.15) is 11.1 Å². The summed E-state index contributed by atoms with van der Waals surface area (Å²) < 4.78 is 39.9. The second kappa shape index (κ2) is 4.33. The molecule has 3 rings (SSSR count). The summed E-state index contributed by atoms with van der Waals surface area (Å²) in [5.41, 5.74) is 0.994. The van der Waals surface area contributed by atoms with E-state index in [9.17, 15) is 13.2 Å². The van der Waals surface area contributed by atoms with E-state index < -0.39 is 11.7 Å². The van der Waals surface area contributed by atoms with Crippen molar-refractivity contribution in [3.8, 4) is 11.4 Å². The minimum Gasteiger partial charge on any atom is -0.221 e. The fourth-order valence-corrected chi connectivity index (χ4v) is 1.98. The molecule has 1 aromatic carbocycles. The van der Waals surface area contributed by atoms with Crippen LogP contribution in [0.3, 0.4) is 0 Å². The van der Waals surface area contributed by atoms with Crippen molar-refractivity contribution in [3.05, 3.63) is 53.7 Å². The SMILES string of the molecule is Cc1ccc(C(F)(F)F)cc1-c1nc2ccccn2n1. The quantitative estimate of drug-likeness (QED) is 0.678. The maximum Gasteiger partial charge on any atom is 0.416 e. The van der Waals surface area contributed by atoms with Gasteiger partial charge in [0.05, 0.1) is 5.56 Å². The number of halogens is 3. The molecular weight excluding hydrogens is 267 g/mol. The van der Waals surface area contributed by atoms with Gasteiger partial charge in [0.25, 0.3) is 0 Å². The summed E-state index contributed by atoms with van der Waals surface area (Å²) in [6.45, 7) is 1.74. The zero-order valence-electron chi connectivity index (χ0n) is 10.5. The fraction of sp³-hybridized carbons (Fsp3) is 0.143. The first-order valence-corrected chi connectivity index (χ1v) is 5.95. The maximum atomic E-state index is 12.8. The normalized spacial score (nSPS) is 12.0. The van der Waals surface area contributed by atoms with E-state index in [0.29, 0.717) is 22.6 Å². The third kappa shape index (κ3) is 2.13. The Bertz CT molecular complexity index is 742. The van der Waals surface area contributed by atoms with Crippen molar-refractivity contribution in [2.45, 2.75) is 13.1 Å². The highest BCUT2D eigenvalue weighted by Crippen LogP contribution is 2.33. The molecule has 102 valence electrons. The summed E-state index contributed by atoms with van der Waals surface area (Å²) in [5, 5.41) is 4.21. The molecular formula is C14H10F3N3. The third-order valence-corrected chi connectivity index (χ3v) is 3.05. The van der Waals surface area contributed by atoms with Gasteiger partial charge < -0.3 is 0 Å². The highest BCUT2D eigenvalue weighted by atomic mass is 19.4. The minimum atomic E-state index is -4.37. The van der Waals surface area contributed by atoms with Gasteiger partial charge in [0.15, 0.2) is 11.5 Å². The number of benzene rings is 1. The van der Waals surface area contributed by atoms with Crippen LogP contribution in [0.15, 0.2) is 42.6 Å². The number of fused-ring (bicyclic) bond motifs is 1. The zero-order chi connectivity index (χ0) is 14.3. The second-order valence-electron chi connectivity index (χ2n) is 4.47. The molecule has 0 radical (unpaired) electrons. The largest absolute Gasteiger partial charge is 0.416 e. The monoisotopic (exact) mass is 277 g/mol. The van der Waals surface area contributed by atoms with E-state index in [1.807, 2.05) is 0 Å². The van der Waals surface area contributed by atoms with Gasteiger partial charge in [-0.25, -0.2) is 9.50 Å². The van der Waals surface area contributed by atoms with Gasteiger partial charge in [0.2, 0.25) is 0 Å². The molecule has 0 aliphatic carbocycles. The van der Waals surface area contributed by atoms with Crippen molar-refractivity contribution in [1.29, 1.82) is 0 Å². The number of nitrogens with zero attached hydrogens (tertiary/aromatic N) is 3. The van der Waals surface area contributed by atoms with Gasteiger partial charge in [-0.1, -0.05) is 12.1 Å². The summed E-state index contributed by atoms with van der Waals surface area (Å²) in [4.78, 5) is 4.25. The van der Waals surface area contributed by atoms with Crippen LogP contribution in [-0.4, -0.2) is 14.6 Å². The minimum absolute atomic E-state index is 0.291. The van der Waals surface area contributed by atoms with Crippen molar-refractivity contribution in [2.24, 2.45) is 0 Å². The number of rotatable bonds is 1. The van der Waals surface area contributed by atoms with Crippen LogP contribution in [0, 0.1) is 6.92 Å². The highest BCUT2D eigenvalue weighted by Gasteiger charge is 2.31. The Morgan fingerprint density at radius 2 is 1.90 bits per heavy atom. The molecule has 2 aromatic heterocycles. The molecule has 0 saturated carbocycles. The van der Waals surface area contributed by atoms with E-state index in [1.165, 1.54) is 10.6 Å². The van der Waals surface area contributed by atoms with Gasteiger partial charge in [-0.15, -0.1) is 5.10 Å². The van der Waals surface area contributed by atoms with Crippen LogP contribution in [-0.2, 0) is 6.18 Å². The lowest BCUT2D eigenvalue weighted by Crippen LogP contribution is -2.05. The molecule has 0 aliphatic heterocycles. The van der Waals surface area contributed by atoms with Crippen LogP contribution in [0.5, 0.6) is 0 Å². The lowest BCUT2D eigenvalue weighted by molar-refractivity contribution is -0.137. The molecule has 0 atom stereocenters. The van der Waals surface area contributed by atoms with Gasteiger partial charge in [-0.05, 0) is 36.8 Å². The Kier molecular flexibility index (Phi) is 2.74. The van der Waals surface area contributed by atoms with E-state index in [-0.39, 0.29) is 0 Å². The molecule has 20 heavy (non-hydrogen) atoms. The Labute approximate surface area is 112 Å². The maximum absolute atomic E-state index is 12.8. The molecule has 0 unspecified atom stereocenters. The molecule has 0 spiro atoms. The predicted octanol–water partition coefficient (Wildman–Crippen LogP) is 3.72. The van der Waals surface area contributed by atoms with Gasteiger partial charge in [0.1, 0.15) is 0 Å². The number of aryl methyl sites for hydroxylation is 1. The molecule has 3 aromatic rings. The van der Waals surface area contributed by atoms with E-state index in [2.05, 4.69) is 10.1 Å². The van der Waals surface area contributed by atoms with E-state index in [1.54, 1.807) is 31.3 Å². The van der Waals surface area contributed by atoms with Gasteiger partial charge in [-0.3, -0.25) is 0 Å². The van der Waals surface area contributed by atoms with Crippen molar-refractivity contribution in [2.75, 3.05) is 0 Å². The number of hydrogen-bond acceptors (Lipinski definition) is 2. The summed E-state index contributed by atoms with van der Waals surface area (Å²) in [6.07, 6.45) is -2.67. The molecule has 0 saturated heterocycles. The summed E-state index contributed by atoms with van der Waals surface area (Å²) in [5.74, 6) is 0.291. The lowest BCUT2D eigenvalue weighted by Gasteiger charge is -2.09. The average Bonchev–Trinajstić information content (AvgIpc) is 2.81. The summed E-state index contributed by atoms with van der Waals surface area (Å²) in [6, 6.07) is 8.92. The van der Waals surface area contributed by atoms with E-state index >= 15 is 0 Å². The molecule has 6 heteroatoms. The lowest BCUT2D eigenvalue weighted by atomic mass is 10.0. The first kappa shape index (κ1) is 12.7. The van der Waals surface area contributed by atoms with Crippen LogP contribution in [0.4, 0.5) is 13.2 Å². The Balaban J connectivity index is 2.17. The smallest absolute Gasteiger partial charge is 0.221 e. The van der Waals surface area contributed by atoms with Crippen molar-refractivity contribution >= 4 is 5.65 Å². The first-order chi connectivity index (χ1) is 9.45. The molecule has 0 fully saturated rings. The second-order valence-corrected chi connectivity index (χ2v) is 4.47. The van der Waals surface area contributed by atoms with Gasteiger partial charge in [-0.2, -0.15) is 13.2 Å². The number of aromatic nitrogens is 3. The molecule has 0 aliphatic rings. The topological polar surface area (TPSA) is 30.2 Å². The van der Waals surface area contributed by atoms with Crippen LogP contribution in [0.25, 0.3) is 17.0 Å². The van der Waals surface area contributed by atoms with Crippen molar-refractivity contribution < 1.29 is 13.2 Å². The molecule has 0 bridgehead atoms. The number of alkyl halides is 3. The first-order valence-electron chi connectivity index (χ1n) is 5.95.